The van der Waals surface area contributed by atoms with E-state index in [9.17, 15) is 0 Å². The van der Waals surface area contributed by atoms with Gasteiger partial charge in [0.05, 0.1) is 0 Å². The summed E-state index contributed by atoms with van der Waals surface area (Å²) in [7, 11) is 0. The van der Waals surface area contributed by atoms with Crippen molar-refractivity contribution in [3.8, 4) is 0 Å². The number of aryl methyl sites for hydroxylation is 1. The van der Waals surface area contributed by atoms with E-state index in [0.717, 1.165) is 19.4 Å². The van der Waals surface area contributed by atoms with Crippen LogP contribution in [0.3, 0.4) is 0 Å². The molecule has 0 amide bonds. The second-order valence-electron chi connectivity index (χ2n) is 2.99. The molecule has 0 unspecified atom stereocenters. The van der Waals surface area contributed by atoms with E-state index in [1.165, 1.54) is 18.4 Å². The Labute approximate surface area is 74.6 Å². The quantitative estimate of drug-likeness (QED) is 0.660. The van der Waals surface area contributed by atoms with Crippen LogP contribution in [-0.4, -0.2) is 6.54 Å². The summed E-state index contributed by atoms with van der Waals surface area (Å²) >= 11 is 0. The second kappa shape index (κ2) is 5.78. The molecule has 0 aromatic heterocycles. The van der Waals surface area contributed by atoms with Crippen molar-refractivity contribution >= 4 is 0 Å². The highest BCUT2D eigenvalue weighted by molar-refractivity contribution is 5.12. The molecule has 0 bridgehead atoms. The fourth-order valence-electron chi connectivity index (χ4n) is 1.22. The fraction of sp³-hybridized carbons (Fsp3) is 0.455. The van der Waals surface area contributed by atoms with E-state index < -0.39 is 0 Å². The van der Waals surface area contributed by atoms with Gasteiger partial charge in [-0.05, 0) is 37.4 Å². The number of rotatable bonds is 5. The van der Waals surface area contributed by atoms with Crippen LogP contribution in [-0.2, 0) is 6.42 Å². The van der Waals surface area contributed by atoms with Gasteiger partial charge in [-0.2, -0.15) is 0 Å². The molecular weight excluding hydrogens is 146 g/mol. The van der Waals surface area contributed by atoms with Gasteiger partial charge in [-0.25, -0.2) is 0 Å². The lowest BCUT2D eigenvalue weighted by Gasteiger charge is -1.99. The Hall–Kier alpha value is -0.820. The van der Waals surface area contributed by atoms with Gasteiger partial charge in [0.25, 0.3) is 0 Å². The van der Waals surface area contributed by atoms with Crippen LogP contribution in [0.2, 0.25) is 0 Å². The number of hydrogen-bond acceptors (Lipinski definition) is 1. The van der Waals surface area contributed by atoms with Crippen molar-refractivity contribution in [2.24, 2.45) is 5.73 Å². The number of benzene rings is 1. The van der Waals surface area contributed by atoms with Gasteiger partial charge >= 0.3 is 0 Å². The monoisotopic (exact) mass is 162 g/mol. The molecule has 0 aliphatic rings. The Kier molecular flexibility index (Phi) is 4.47. The van der Waals surface area contributed by atoms with Crippen LogP contribution >= 0.6 is 0 Å². The van der Waals surface area contributed by atoms with Crippen molar-refractivity contribution in [1.82, 2.24) is 0 Å². The van der Waals surface area contributed by atoms with Gasteiger partial charge in [0, 0.05) is 0 Å². The summed E-state index contributed by atoms with van der Waals surface area (Å²) in [5.74, 6) is 0. The normalized spacial score (nSPS) is 10.1. The summed E-state index contributed by atoms with van der Waals surface area (Å²) in [6, 6.07) is 11.4. The van der Waals surface area contributed by atoms with Gasteiger partial charge in [0.2, 0.25) is 0 Å². The molecule has 1 aromatic rings. The largest absolute Gasteiger partial charge is 0.330 e. The topological polar surface area (TPSA) is 26.0 Å². The molecule has 0 aliphatic heterocycles. The molecule has 0 atom stereocenters. The highest BCUT2D eigenvalue weighted by Crippen LogP contribution is 2.04. The van der Waals surface area contributed by atoms with E-state index in [2.05, 4.69) is 18.2 Å². The first-order chi connectivity index (χ1) is 5.93. The molecule has 0 saturated heterocycles. The van der Waals surface area contributed by atoms with Gasteiger partial charge in [-0.1, -0.05) is 30.7 Å². The molecule has 1 nitrogen and oxygen atoms in total. The molecule has 12 heavy (non-hydrogen) atoms. The molecule has 0 heterocycles. The number of hydrogen-bond donors (Lipinski definition) is 1. The molecular formula is C11H16N. The third-order valence-electron chi connectivity index (χ3n) is 1.92. The van der Waals surface area contributed by atoms with Gasteiger partial charge in [-0.15, -0.1) is 0 Å². The Morgan fingerprint density at radius 1 is 1.17 bits per heavy atom. The molecule has 1 radical (unpaired) electrons. The number of unbranched alkanes of at least 4 members (excludes halogenated alkanes) is 2. The minimum absolute atomic E-state index is 0.818. The summed E-state index contributed by atoms with van der Waals surface area (Å²) in [6.07, 6.45) is 4.75. The fourth-order valence-corrected chi connectivity index (χ4v) is 1.22. The average molecular weight is 162 g/mol. The third-order valence-corrected chi connectivity index (χ3v) is 1.92. The molecule has 0 fully saturated rings. The zero-order chi connectivity index (χ0) is 8.65. The highest BCUT2D eigenvalue weighted by atomic mass is 14.5. The van der Waals surface area contributed by atoms with Crippen molar-refractivity contribution in [2.45, 2.75) is 25.7 Å². The van der Waals surface area contributed by atoms with Crippen LogP contribution in [0.15, 0.2) is 24.3 Å². The summed E-state index contributed by atoms with van der Waals surface area (Å²) in [6.45, 7) is 0.818. The zero-order valence-electron chi connectivity index (χ0n) is 7.42. The van der Waals surface area contributed by atoms with E-state index >= 15 is 0 Å². The highest BCUT2D eigenvalue weighted by Gasteiger charge is 1.91. The maximum atomic E-state index is 5.40. The molecule has 1 heteroatoms. The lowest BCUT2D eigenvalue weighted by atomic mass is 10.1. The predicted molar refractivity (Wildman–Crippen MR) is 51.9 cm³/mol. The van der Waals surface area contributed by atoms with E-state index in [1.54, 1.807) is 0 Å². The molecule has 0 aliphatic carbocycles. The smallest absolute Gasteiger partial charge is 0.00773 e. The Balaban J connectivity index is 2.16. The van der Waals surface area contributed by atoms with Crippen LogP contribution in [0.25, 0.3) is 0 Å². The van der Waals surface area contributed by atoms with E-state index in [0.29, 0.717) is 0 Å². The maximum Gasteiger partial charge on any atom is -0.00773 e. The molecule has 2 N–H and O–H groups in total. The molecule has 1 rings (SSSR count). The molecule has 1 aromatic carbocycles. The first-order valence-electron chi connectivity index (χ1n) is 4.59. The minimum atomic E-state index is 0.818. The van der Waals surface area contributed by atoms with Gasteiger partial charge in [0.1, 0.15) is 0 Å². The summed E-state index contributed by atoms with van der Waals surface area (Å²) < 4.78 is 0. The van der Waals surface area contributed by atoms with Crippen LogP contribution in [0.4, 0.5) is 0 Å². The van der Waals surface area contributed by atoms with Crippen molar-refractivity contribution in [2.75, 3.05) is 6.54 Å². The predicted octanol–water partition coefficient (Wildman–Crippen LogP) is 2.16. The lowest BCUT2D eigenvalue weighted by molar-refractivity contribution is 0.686. The Morgan fingerprint density at radius 2 is 2.08 bits per heavy atom. The summed E-state index contributed by atoms with van der Waals surface area (Å²) in [5, 5.41) is 0. The molecule has 65 valence electrons. The third kappa shape index (κ3) is 3.54. The van der Waals surface area contributed by atoms with Crippen LogP contribution in [0.5, 0.6) is 0 Å². The molecule has 0 spiro atoms. The number of nitrogens with two attached hydrogens (primary N) is 1. The maximum absolute atomic E-state index is 5.40. The van der Waals surface area contributed by atoms with Gasteiger partial charge in [0.15, 0.2) is 0 Å². The van der Waals surface area contributed by atoms with Crippen molar-refractivity contribution in [3.63, 3.8) is 0 Å². The first kappa shape index (κ1) is 9.27. The van der Waals surface area contributed by atoms with E-state index in [1.807, 2.05) is 12.1 Å². The van der Waals surface area contributed by atoms with Crippen molar-refractivity contribution < 1.29 is 0 Å². The van der Waals surface area contributed by atoms with Crippen LogP contribution in [0, 0.1) is 6.07 Å². The van der Waals surface area contributed by atoms with Gasteiger partial charge in [-0.3, -0.25) is 0 Å². The van der Waals surface area contributed by atoms with E-state index in [-0.39, 0.29) is 0 Å². The Morgan fingerprint density at radius 3 is 2.75 bits per heavy atom. The summed E-state index contributed by atoms with van der Waals surface area (Å²) in [4.78, 5) is 0. The second-order valence-corrected chi connectivity index (χ2v) is 2.99. The zero-order valence-corrected chi connectivity index (χ0v) is 7.42. The Bertz CT molecular complexity index is 193. The summed E-state index contributed by atoms with van der Waals surface area (Å²) in [5.41, 5.74) is 6.71. The first-order valence-corrected chi connectivity index (χ1v) is 4.59. The molecule has 0 saturated carbocycles. The van der Waals surface area contributed by atoms with Gasteiger partial charge < -0.3 is 5.73 Å². The van der Waals surface area contributed by atoms with Crippen molar-refractivity contribution in [3.05, 3.63) is 35.9 Å². The SMILES string of the molecule is NCCCCCc1[c]cccc1. The van der Waals surface area contributed by atoms with Crippen LogP contribution in [0.1, 0.15) is 24.8 Å². The standard InChI is InChI=1S/C11H16N/c12-10-6-2-5-9-11-7-3-1-4-8-11/h1,3-4,7H,2,5-6,9-10,12H2. The minimum Gasteiger partial charge on any atom is -0.330 e. The van der Waals surface area contributed by atoms with Crippen molar-refractivity contribution in [1.29, 1.82) is 0 Å². The lowest BCUT2D eigenvalue weighted by Crippen LogP contribution is -1.98. The average Bonchev–Trinajstić information content (AvgIpc) is 2.14. The van der Waals surface area contributed by atoms with Crippen LogP contribution < -0.4 is 5.73 Å². The van der Waals surface area contributed by atoms with E-state index in [4.69, 9.17) is 5.73 Å².